The van der Waals surface area contributed by atoms with E-state index in [1.54, 1.807) is 35.4 Å². The molecule has 126 valence electrons. The number of hydrogen-bond donors (Lipinski definition) is 0. The molecular formula is C18H23N5O. The molecule has 1 amide bonds. The first-order valence-corrected chi connectivity index (χ1v) is 8.01. The van der Waals surface area contributed by atoms with E-state index in [4.69, 9.17) is 0 Å². The van der Waals surface area contributed by atoms with Gasteiger partial charge in [-0.1, -0.05) is 12.2 Å². The highest BCUT2D eigenvalue weighted by Crippen LogP contribution is 2.17. The second-order valence-corrected chi connectivity index (χ2v) is 5.63. The topological polar surface area (TPSA) is 63.5 Å². The Hall–Kier alpha value is -2.65. The molecule has 6 heteroatoms. The predicted octanol–water partition coefficient (Wildman–Crippen LogP) is 1.28. The number of aromatic nitrogens is 1. The molecule has 0 spiro atoms. The molecule has 1 fully saturated rings. The van der Waals surface area contributed by atoms with Crippen LogP contribution < -0.4 is 4.90 Å². The van der Waals surface area contributed by atoms with E-state index in [1.807, 2.05) is 0 Å². The molecule has 0 aliphatic carbocycles. The molecule has 0 unspecified atom stereocenters. The largest absolute Gasteiger partial charge is 0.353 e. The number of nitrogens with zero attached hydrogens (tertiary/aromatic N) is 5. The van der Waals surface area contributed by atoms with Crippen LogP contribution in [0.2, 0.25) is 0 Å². The molecule has 6 nitrogen and oxygen atoms in total. The van der Waals surface area contributed by atoms with Crippen LogP contribution in [0.3, 0.4) is 0 Å². The molecule has 0 atom stereocenters. The van der Waals surface area contributed by atoms with Crippen LogP contribution in [0, 0.1) is 11.3 Å². The van der Waals surface area contributed by atoms with Gasteiger partial charge in [-0.05, 0) is 12.1 Å². The number of hydrogen-bond acceptors (Lipinski definition) is 5. The van der Waals surface area contributed by atoms with Gasteiger partial charge in [0.1, 0.15) is 11.9 Å². The van der Waals surface area contributed by atoms with Crippen LogP contribution in [0.4, 0.5) is 5.82 Å². The Morgan fingerprint density at radius 2 is 1.96 bits per heavy atom. The molecule has 24 heavy (non-hydrogen) atoms. The summed E-state index contributed by atoms with van der Waals surface area (Å²) in [5.41, 5.74) is 0.588. The van der Waals surface area contributed by atoms with Crippen LogP contribution in [0.25, 0.3) is 0 Å². The third kappa shape index (κ3) is 4.43. The molecular weight excluding hydrogens is 302 g/mol. The molecule has 1 aliphatic rings. The molecule has 0 N–H and O–H groups in total. The van der Waals surface area contributed by atoms with E-state index in [9.17, 15) is 10.1 Å². The van der Waals surface area contributed by atoms with Crippen LogP contribution in [0.1, 0.15) is 5.56 Å². The molecule has 0 aromatic carbocycles. The number of amides is 1. The molecule has 1 aromatic rings. The van der Waals surface area contributed by atoms with Gasteiger partial charge in [0, 0.05) is 45.5 Å². The highest BCUT2D eigenvalue weighted by Gasteiger charge is 2.22. The zero-order valence-corrected chi connectivity index (χ0v) is 13.9. The average Bonchev–Trinajstić information content (AvgIpc) is 2.62. The summed E-state index contributed by atoms with van der Waals surface area (Å²) in [5, 5.41) is 9.19. The van der Waals surface area contributed by atoms with Gasteiger partial charge in [0.25, 0.3) is 0 Å². The second-order valence-electron chi connectivity index (χ2n) is 5.63. The van der Waals surface area contributed by atoms with Crippen molar-refractivity contribution < 1.29 is 4.79 Å². The summed E-state index contributed by atoms with van der Waals surface area (Å²) in [5.74, 6) is 0.810. The fourth-order valence-corrected chi connectivity index (χ4v) is 2.74. The Labute approximate surface area is 143 Å². The Morgan fingerprint density at radius 3 is 2.54 bits per heavy atom. The minimum Gasteiger partial charge on any atom is -0.353 e. The van der Waals surface area contributed by atoms with Crippen LogP contribution >= 0.6 is 0 Å². The van der Waals surface area contributed by atoms with Gasteiger partial charge in [0.05, 0.1) is 12.1 Å². The first kappa shape index (κ1) is 17.7. The van der Waals surface area contributed by atoms with Crippen molar-refractivity contribution in [3.8, 4) is 6.07 Å². The smallest absolute Gasteiger partial charge is 0.237 e. The van der Waals surface area contributed by atoms with Gasteiger partial charge >= 0.3 is 0 Å². The van der Waals surface area contributed by atoms with Crippen molar-refractivity contribution >= 4 is 11.7 Å². The van der Waals surface area contributed by atoms with Gasteiger partial charge < -0.3 is 9.80 Å². The molecule has 1 saturated heterocycles. The minimum atomic E-state index is 0.0822. The van der Waals surface area contributed by atoms with Crippen LogP contribution in [-0.4, -0.2) is 66.5 Å². The maximum atomic E-state index is 12.4. The van der Waals surface area contributed by atoms with Crippen molar-refractivity contribution in [1.29, 1.82) is 5.26 Å². The lowest BCUT2D eigenvalue weighted by molar-refractivity contribution is -0.131. The third-order valence-corrected chi connectivity index (χ3v) is 3.99. The van der Waals surface area contributed by atoms with E-state index < -0.39 is 0 Å². The van der Waals surface area contributed by atoms with Crippen LogP contribution in [0.5, 0.6) is 0 Å². The van der Waals surface area contributed by atoms with Gasteiger partial charge in [-0.2, -0.15) is 5.26 Å². The maximum absolute atomic E-state index is 12.4. The maximum Gasteiger partial charge on any atom is 0.237 e. The molecule has 0 bridgehead atoms. The Kier molecular flexibility index (Phi) is 6.52. The van der Waals surface area contributed by atoms with E-state index in [2.05, 4.69) is 34.0 Å². The first-order valence-electron chi connectivity index (χ1n) is 8.01. The summed E-state index contributed by atoms with van der Waals surface area (Å²) in [6, 6.07) is 5.73. The van der Waals surface area contributed by atoms with Crippen molar-refractivity contribution in [2.75, 3.05) is 50.7 Å². The lowest BCUT2D eigenvalue weighted by Crippen LogP contribution is -2.50. The first-order chi connectivity index (χ1) is 11.7. The fourth-order valence-electron chi connectivity index (χ4n) is 2.74. The van der Waals surface area contributed by atoms with Gasteiger partial charge in [0.2, 0.25) is 5.91 Å². The number of pyridine rings is 1. The van der Waals surface area contributed by atoms with E-state index in [0.29, 0.717) is 25.2 Å². The number of nitriles is 1. The lowest BCUT2D eigenvalue weighted by atomic mass is 10.2. The standard InChI is InChI=1S/C18H23N5O/c1-3-8-22(9-4-2)17(24)15-21-10-12-23(13-11-21)18-16(14-19)6-5-7-20-18/h3-7H,1-2,8-13,15H2. The summed E-state index contributed by atoms with van der Waals surface area (Å²) in [6.45, 7) is 11.9. The SMILES string of the molecule is C=CCN(CC=C)C(=O)CN1CCN(c2ncccc2C#N)CC1. The summed E-state index contributed by atoms with van der Waals surface area (Å²) >= 11 is 0. The van der Waals surface area contributed by atoms with E-state index in [0.717, 1.165) is 32.0 Å². The van der Waals surface area contributed by atoms with Crippen molar-refractivity contribution in [1.82, 2.24) is 14.8 Å². The second kappa shape index (κ2) is 8.85. The van der Waals surface area contributed by atoms with Crippen molar-refractivity contribution in [2.24, 2.45) is 0 Å². The quantitative estimate of drug-likeness (QED) is 0.707. The van der Waals surface area contributed by atoms with Crippen molar-refractivity contribution in [3.63, 3.8) is 0 Å². The molecule has 0 radical (unpaired) electrons. The molecule has 2 heterocycles. The van der Waals surface area contributed by atoms with Gasteiger partial charge in [-0.3, -0.25) is 9.69 Å². The molecule has 2 rings (SSSR count). The molecule has 0 saturated carbocycles. The van der Waals surface area contributed by atoms with Crippen molar-refractivity contribution in [2.45, 2.75) is 0 Å². The van der Waals surface area contributed by atoms with E-state index in [-0.39, 0.29) is 5.91 Å². The fraction of sp³-hybridized carbons (Fsp3) is 0.389. The summed E-state index contributed by atoms with van der Waals surface area (Å²) < 4.78 is 0. The summed E-state index contributed by atoms with van der Waals surface area (Å²) in [7, 11) is 0. The summed E-state index contributed by atoms with van der Waals surface area (Å²) in [4.78, 5) is 22.7. The highest BCUT2D eigenvalue weighted by atomic mass is 16.2. The van der Waals surface area contributed by atoms with Crippen LogP contribution in [0.15, 0.2) is 43.6 Å². The van der Waals surface area contributed by atoms with E-state index in [1.165, 1.54) is 0 Å². The molecule has 1 aliphatic heterocycles. The van der Waals surface area contributed by atoms with Crippen molar-refractivity contribution in [3.05, 3.63) is 49.2 Å². The number of rotatable bonds is 7. The number of piperazine rings is 1. The highest BCUT2D eigenvalue weighted by molar-refractivity contribution is 5.78. The zero-order valence-electron chi connectivity index (χ0n) is 13.9. The van der Waals surface area contributed by atoms with Gasteiger partial charge in [-0.15, -0.1) is 13.2 Å². The monoisotopic (exact) mass is 325 g/mol. The van der Waals surface area contributed by atoms with Gasteiger partial charge in [0.15, 0.2) is 0 Å². The Bertz CT molecular complexity index is 619. The number of anilines is 1. The summed E-state index contributed by atoms with van der Waals surface area (Å²) in [6.07, 6.45) is 5.15. The number of carbonyl (C=O) groups is 1. The molecule has 1 aromatic heterocycles. The lowest BCUT2D eigenvalue weighted by Gasteiger charge is -2.36. The predicted molar refractivity (Wildman–Crippen MR) is 94.6 cm³/mol. The Morgan fingerprint density at radius 1 is 1.29 bits per heavy atom. The van der Waals surface area contributed by atoms with Crippen LogP contribution in [-0.2, 0) is 4.79 Å². The van der Waals surface area contributed by atoms with E-state index >= 15 is 0 Å². The average molecular weight is 325 g/mol. The normalized spacial score (nSPS) is 14.7. The third-order valence-electron chi connectivity index (χ3n) is 3.99. The zero-order chi connectivity index (χ0) is 17.4. The Balaban J connectivity index is 1.90. The van der Waals surface area contributed by atoms with Gasteiger partial charge in [-0.25, -0.2) is 4.98 Å². The minimum absolute atomic E-state index is 0.0822. The number of carbonyl (C=O) groups excluding carboxylic acids is 1.